The normalized spacial score (nSPS) is 18.2. The van der Waals surface area contributed by atoms with Crippen LogP contribution in [0.3, 0.4) is 0 Å². The Hall–Kier alpha value is -4.82. The highest BCUT2D eigenvalue weighted by molar-refractivity contribution is 6.05. The van der Waals surface area contributed by atoms with E-state index in [2.05, 4.69) is 25.8 Å². The van der Waals surface area contributed by atoms with E-state index in [1.807, 2.05) is 35.1 Å². The topological polar surface area (TPSA) is 141 Å². The first-order valence-corrected chi connectivity index (χ1v) is 15.7. The summed E-state index contributed by atoms with van der Waals surface area (Å²) in [7, 11) is 0. The van der Waals surface area contributed by atoms with Gasteiger partial charge in [0.15, 0.2) is 0 Å². The van der Waals surface area contributed by atoms with Crippen LogP contribution in [0.2, 0.25) is 0 Å². The van der Waals surface area contributed by atoms with Gasteiger partial charge in [-0.15, -0.1) is 0 Å². The molecule has 2 saturated heterocycles. The van der Waals surface area contributed by atoms with Crippen molar-refractivity contribution in [1.29, 1.82) is 0 Å². The van der Waals surface area contributed by atoms with Gasteiger partial charge >= 0.3 is 6.18 Å². The summed E-state index contributed by atoms with van der Waals surface area (Å²) in [5.41, 5.74) is 0.826. The SMILES string of the molecule is CC(C)(O)c1cc2nn(C3CCN(Cc4cccc(NC5CCC(=O)NC5=O)c4)CC3)cc2cc1NC(=O)c1ccc(C(F)(F)F)nc1. The van der Waals surface area contributed by atoms with Crippen molar-refractivity contribution in [2.75, 3.05) is 23.7 Å². The van der Waals surface area contributed by atoms with Crippen LogP contribution in [0.5, 0.6) is 0 Å². The smallest absolute Gasteiger partial charge is 0.386 e. The first-order chi connectivity index (χ1) is 22.7. The molecule has 3 amide bonds. The molecule has 0 aliphatic carbocycles. The summed E-state index contributed by atoms with van der Waals surface area (Å²) in [5.74, 6) is -1.21. The van der Waals surface area contributed by atoms with E-state index in [9.17, 15) is 32.7 Å². The number of halogens is 3. The number of nitrogens with zero attached hydrogens (tertiary/aromatic N) is 4. The van der Waals surface area contributed by atoms with E-state index in [0.717, 1.165) is 67.4 Å². The molecule has 48 heavy (non-hydrogen) atoms. The van der Waals surface area contributed by atoms with Crippen LogP contribution in [0.1, 0.15) is 72.8 Å². The van der Waals surface area contributed by atoms with Crippen LogP contribution < -0.4 is 16.0 Å². The van der Waals surface area contributed by atoms with Crippen LogP contribution in [0.25, 0.3) is 10.9 Å². The van der Waals surface area contributed by atoms with Crippen LogP contribution in [0.15, 0.2) is 60.9 Å². The minimum Gasteiger partial charge on any atom is -0.386 e. The van der Waals surface area contributed by atoms with Crippen molar-refractivity contribution in [2.45, 2.75) is 69.9 Å². The summed E-state index contributed by atoms with van der Waals surface area (Å²) in [6, 6.07) is 12.9. The van der Waals surface area contributed by atoms with Crippen LogP contribution >= 0.6 is 0 Å². The summed E-state index contributed by atoms with van der Waals surface area (Å²) in [4.78, 5) is 42.3. The van der Waals surface area contributed by atoms with Gasteiger partial charge in [-0.3, -0.25) is 34.3 Å². The molecule has 4 N–H and O–H groups in total. The number of carbonyl (C=O) groups is 3. The van der Waals surface area contributed by atoms with Crippen LogP contribution in [-0.4, -0.2) is 61.6 Å². The van der Waals surface area contributed by atoms with E-state index < -0.39 is 29.4 Å². The quantitative estimate of drug-likeness (QED) is 0.194. The second-order valence-electron chi connectivity index (χ2n) is 12.9. The predicted molar refractivity (Wildman–Crippen MR) is 172 cm³/mol. The fourth-order valence-electron chi connectivity index (χ4n) is 6.17. The van der Waals surface area contributed by atoms with Gasteiger partial charge in [0.1, 0.15) is 11.7 Å². The zero-order valence-corrected chi connectivity index (χ0v) is 26.5. The molecule has 1 unspecified atom stereocenters. The molecule has 0 bridgehead atoms. The van der Waals surface area contributed by atoms with Crippen LogP contribution in [0, 0.1) is 0 Å². The highest BCUT2D eigenvalue weighted by Gasteiger charge is 2.32. The number of benzene rings is 2. The Balaban J connectivity index is 1.11. The van der Waals surface area contributed by atoms with Gasteiger partial charge in [0.05, 0.1) is 22.7 Å². The Labute approximate surface area is 274 Å². The van der Waals surface area contributed by atoms with Crippen molar-refractivity contribution in [2.24, 2.45) is 0 Å². The van der Waals surface area contributed by atoms with Crippen LogP contribution in [0.4, 0.5) is 24.5 Å². The average Bonchev–Trinajstić information content (AvgIpc) is 3.45. The number of alkyl halides is 3. The number of aliphatic hydroxyl groups is 1. The Kier molecular flexibility index (Phi) is 8.96. The maximum absolute atomic E-state index is 13.0. The van der Waals surface area contributed by atoms with E-state index in [0.29, 0.717) is 29.6 Å². The number of likely N-dealkylation sites (tertiary alicyclic amines) is 1. The number of imide groups is 1. The molecule has 6 rings (SSSR count). The fourth-order valence-corrected chi connectivity index (χ4v) is 6.17. The van der Waals surface area contributed by atoms with E-state index in [1.54, 1.807) is 26.0 Å². The van der Waals surface area contributed by atoms with E-state index in [4.69, 9.17) is 5.10 Å². The zero-order chi connectivity index (χ0) is 34.2. The summed E-state index contributed by atoms with van der Waals surface area (Å²) in [6.45, 7) is 5.57. The maximum Gasteiger partial charge on any atom is 0.433 e. The standard InChI is InChI=1S/C34H36F3N7O4/c1-33(2,48)25-16-27-22(15-28(25)40-31(46)21-6-8-29(38-17-21)34(35,36)37)19-44(42-27)24-10-12-43(13-11-24)18-20-4-3-5-23(14-20)39-26-7-9-30(45)41-32(26)47/h3-6,8,14-17,19,24,26,39,48H,7,9-13,18H2,1-2H3,(H,40,46)(H,41,45,47). The molecule has 2 aliphatic rings. The molecule has 0 saturated carbocycles. The molecule has 1 atom stereocenters. The minimum absolute atomic E-state index is 0.0513. The monoisotopic (exact) mass is 663 g/mol. The van der Waals surface area contributed by atoms with Gasteiger partial charge in [0.25, 0.3) is 5.91 Å². The summed E-state index contributed by atoms with van der Waals surface area (Å²) >= 11 is 0. The first kappa shape index (κ1) is 33.1. The molecule has 4 heterocycles. The van der Waals surface area contributed by atoms with E-state index >= 15 is 0 Å². The highest BCUT2D eigenvalue weighted by Crippen LogP contribution is 2.34. The number of rotatable bonds is 8. The lowest BCUT2D eigenvalue weighted by Gasteiger charge is -2.32. The van der Waals surface area contributed by atoms with Gasteiger partial charge in [-0.1, -0.05) is 12.1 Å². The molecule has 2 aliphatic heterocycles. The molecule has 4 aromatic rings. The summed E-state index contributed by atoms with van der Waals surface area (Å²) in [5, 5.41) is 24.8. The van der Waals surface area contributed by atoms with Gasteiger partial charge in [-0.25, -0.2) is 0 Å². The number of aromatic nitrogens is 3. The third-order valence-corrected chi connectivity index (χ3v) is 8.73. The molecule has 14 heteroatoms. The Bertz CT molecular complexity index is 1840. The summed E-state index contributed by atoms with van der Waals surface area (Å²) in [6.07, 6.45) is 0.640. The second kappa shape index (κ2) is 13.0. The van der Waals surface area contributed by atoms with Crippen LogP contribution in [-0.2, 0) is 27.9 Å². The number of nitrogens with one attached hydrogen (secondary N) is 3. The number of amides is 3. The van der Waals surface area contributed by atoms with E-state index in [-0.39, 0.29) is 23.4 Å². The highest BCUT2D eigenvalue weighted by atomic mass is 19.4. The van der Waals surface area contributed by atoms with Crippen molar-refractivity contribution in [1.82, 2.24) is 25.0 Å². The number of piperidine rings is 2. The van der Waals surface area contributed by atoms with Gasteiger partial charge in [0.2, 0.25) is 11.8 Å². The van der Waals surface area contributed by atoms with Gasteiger partial charge in [-0.05, 0) is 75.1 Å². The summed E-state index contributed by atoms with van der Waals surface area (Å²) < 4.78 is 40.7. The molecular weight excluding hydrogens is 627 g/mol. The molecule has 0 radical (unpaired) electrons. The Morgan fingerprint density at radius 2 is 1.83 bits per heavy atom. The third-order valence-electron chi connectivity index (χ3n) is 8.73. The number of fused-ring (bicyclic) bond motifs is 1. The predicted octanol–water partition coefficient (Wildman–Crippen LogP) is 4.98. The maximum atomic E-state index is 13.0. The largest absolute Gasteiger partial charge is 0.433 e. The van der Waals surface area contributed by atoms with Gasteiger partial charge in [0, 0.05) is 60.8 Å². The first-order valence-electron chi connectivity index (χ1n) is 15.7. The lowest BCUT2D eigenvalue weighted by atomic mass is 9.95. The van der Waals surface area contributed by atoms with Crippen molar-refractivity contribution < 1.29 is 32.7 Å². The molecular formula is C34H36F3N7O4. The Morgan fingerprint density at radius 3 is 2.50 bits per heavy atom. The molecule has 2 aromatic carbocycles. The van der Waals surface area contributed by atoms with Crippen molar-refractivity contribution in [3.05, 3.63) is 83.3 Å². The van der Waals surface area contributed by atoms with E-state index in [1.165, 1.54) is 0 Å². The number of hydrogen-bond donors (Lipinski definition) is 4. The molecule has 2 aromatic heterocycles. The minimum atomic E-state index is -4.62. The second-order valence-corrected chi connectivity index (χ2v) is 12.9. The number of pyridine rings is 1. The molecule has 2 fully saturated rings. The lowest BCUT2D eigenvalue weighted by molar-refractivity contribution is -0.141. The molecule has 11 nitrogen and oxygen atoms in total. The van der Waals surface area contributed by atoms with Crippen molar-refractivity contribution in [3.8, 4) is 0 Å². The average molecular weight is 664 g/mol. The molecule has 0 spiro atoms. The number of hydrogen-bond acceptors (Lipinski definition) is 8. The lowest BCUT2D eigenvalue weighted by Crippen LogP contribution is -2.47. The zero-order valence-electron chi connectivity index (χ0n) is 26.5. The van der Waals surface area contributed by atoms with Gasteiger partial charge < -0.3 is 15.7 Å². The Morgan fingerprint density at radius 1 is 1.06 bits per heavy atom. The molecule has 252 valence electrons. The van der Waals surface area contributed by atoms with Crippen molar-refractivity contribution >= 4 is 40.0 Å². The van der Waals surface area contributed by atoms with Crippen molar-refractivity contribution in [3.63, 3.8) is 0 Å². The fraction of sp³-hybridized carbons (Fsp3) is 0.382. The van der Waals surface area contributed by atoms with Gasteiger partial charge in [-0.2, -0.15) is 18.3 Å². The number of anilines is 2. The third kappa shape index (κ3) is 7.50. The number of carbonyl (C=O) groups excluding carboxylic acids is 3.